The van der Waals surface area contributed by atoms with E-state index in [2.05, 4.69) is 31.3 Å². The molecule has 1 atom stereocenters. The number of nitrogens with one attached hydrogen (secondary N) is 1. The minimum Gasteiger partial charge on any atom is -0.352 e. The molecule has 3 N–H and O–H groups in total. The van der Waals surface area contributed by atoms with E-state index in [4.69, 9.17) is 5.14 Å². The zero-order valence-electron chi connectivity index (χ0n) is 15.4. The van der Waals surface area contributed by atoms with E-state index in [1.807, 2.05) is 19.1 Å². The molecule has 140 valence electrons. The second-order valence-electron chi connectivity index (χ2n) is 6.97. The highest BCUT2D eigenvalue weighted by atomic mass is 32.2. The van der Waals surface area contributed by atoms with Gasteiger partial charge >= 0.3 is 0 Å². The van der Waals surface area contributed by atoms with E-state index in [9.17, 15) is 13.2 Å². The lowest BCUT2D eigenvalue weighted by atomic mass is 9.96. The van der Waals surface area contributed by atoms with E-state index in [1.54, 1.807) is 12.1 Å². The van der Waals surface area contributed by atoms with E-state index in [1.165, 1.54) is 17.7 Å². The van der Waals surface area contributed by atoms with Gasteiger partial charge in [0.1, 0.15) is 0 Å². The van der Waals surface area contributed by atoms with Crippen LogP contribution in [0.5, 0.6) is 0 Å². The van der Waals surface area contributed by atoms with Crippen LogP contribution in [0, 0.1) is 5.92 Å². The van der Waals surface area contributed by atoms with Crippen molar-refractivity contribution in [1.82, 2.24) is 5.32 Å². The molecule has 0 saturated heterocycles. The number of nitrogens with two attached hydrogens (primary N) is 1. The normalized spacial score (nSPS) is 12.8. The van der Waals surface area contributed by atoms with Crippen LogP contribution in [0.15, 0.2) is 53.4 Å². The van der Waals surface area contributed by atoms with Crippen LogP contribution in [-0.2, 0) is 27.8 Å². The molecule has 0 bridgehead atoms. The molecule has 2 aromatic carbocycles. The lowest BCUT2D eigenvalue weighted by Gasteiger charge is -2.14. The van der Waals surface area contributed by atoms with Gasteiger partial charge in [0.15, 0.2) is 0 Å². The quantitative estimate of drug-likeness (QED) is 0.781. The molecule has 0 fully saturated rings. The highest BCUT2D eigenvalue weighted by Crippen LogP contribution is 2.18. The molecule has 0 spiro atoms. The summed E-state index contributed by atoms with van der Waals surface area (Å²) in [5.74, 6) is 0.270. The largest absolute Gasteiger partial charge is 0.352 e. The van der Waals surface area contributed by atoms with Crippen LogP contribution in [0.25, 0.3) is 0 Å². The van der Waals surface area contributed by atoms with Crippen LogP contribution in [0.1, 0.15) is 43.4 Å². The van der Waals surface area contributed by atoms with Crippen molar-refractivity contribution in [2.75, 3.05) is 0 Å². The van der Waals surface area contributed by atoms with Crippen molar-refractivity contribution in [3.05, 3.63) is 65.2 Å². The summed E-state index contributed by atoms with van der Waals surface area (Å²) in [6.45, 7) is 6.56. The van der Waals surface area contributed by atoms with Gasteiger partial charge in [0.2, 0.25) is 15.9 Å². The third-order valence-corrected chi connectivity index (χ3v) is 5.16. The van der Waals surface area contributed by atoms with E-state index in [0.29, 0.717) is 12.5 Å². The van der Waals surface area contributed by atoms with Gasteiger partial charge in [-0.15, -0.1) is 0 Å². The Morgan fingerprint density at radius 3 is 2.00 bits per heavy atom. The summed E-state index contributed by atoms with van der Waals surface area (Å²) < 4.78 is 22.5. The fourth-order valence-corrected chi connectivity index (χ4v) is 3.22. The maximum absolute atomic E-state index is 12.4. The number of hydrogen-bond donors (Lipinski definition) is 2. The lowest BCUT2D eigenvalue weighted by molar-refractivity contribution is -0.122. The molecule has 0 heterocycles. The van der Waals surface area contributed by atoms with Crippen molar-refractivity contribution < 1.29 is 13.2 Å². The monoisotopic (exact) mass is 374 g/mol. The van der Waals surface area contributed by atoms with Gasteiger partial charge in [0.25, 0.3) is 0 Å². The number of carbonyl (C=O) groups excluding carboxylic acids is 1. The summed E-state index contributed by atoms with van der Waals surface area (Å²) in [6.07, 6.45) is 1.02. The number of amides is 1. The van der Waals surface area contributed by atoms with Gasteiger partial charge in [-0.25, -0.2) is 13.6 Å². The van der Waals surface area contributed by atoms with Gasteiger partial charge in [0, 0.05) is 6.54 Å². The van der Waals surface area contributed by atoms with Crippen LogP contribution < -0.4 is 10.5 Å². The summed E-state index contributed by atoms with van der Waals surface area (Å²) in [4.78, 5) is 12.4. The van der Waals surface area contributed by atoms with Gasteiger partial charge in [-0.1, -0.05) is 50.2 Å². The van der Waals surface area contributed by atoms with E-state index in [0.717, 1.165) is 17.5 Å². The molecule has 0 aliphatic carbocycles. The predicted molar refractivity (Wildman–Crippen MR) is 103 cm³/mol. The van der Waals surface area contributed by atoms with Gasteiger partial charge in [-0.05, 0) is 48.1 Å². The number of carbonyl (C=O) groups is 1. The minimum absolute atomic E-state index is 0.0578. The molecule has 5 nitrogen and oxygen atoms in total. The molecule has 1 unspecified atom stereocenters. The predicted octanol–water partition coefficient (Wildman–Crippen LogP) is 2.95. The number of sulfonamides is 1. The Kier molecular flexibility index (Phi) is 6.56. The summed E-state index contributed by atoms with van der Waals surface area (Å²) in [5.41, 5.74) is 3.05. The average molecular weight is 375 g/mol. The van der Waals surface area contributed by atoms with Gasteiger partial charge in [-0.2, -0.15) is 0 Å². The maximum Gasteiger partial charge on any atom is 0.238 e. The highest BCUT2D eigenvalue weighted by molar-refractivity contribution is 7.89. The van der Waals surface area contributed by atoms with Crippen LogP contribution in [0.3, 0.4) is 0 Å². The number of primary sulfonamides is 1. The van der Waals surface area contributed by atoms with Crippen molar-refractivity contribution >= 4 is 15.9 Å². The van der Waals surface area contributed by atoms with Crippen molar-refractivity contribution in [2.24, 2.45) is 11.1 Å². The zero-order valence-corrected chi connectivity index (χ0v) is 16.2. The Hall–Kier alpha value is -2.18. The molecule has 0 saturated carbocycles. The Morgan fingerprint density at radius 2 is 1.50 bits per heavy atom. The third kappa shape index (κ3) is 5.68. The first-order valence-electron chi connectivity index (χ1n) is 8.65. The number of hydrogen-bond acceptors (Lipinski definition) is 3. The SMILES string of the molecule is CC(C)Cc1ccc(C(C)C(=O)NCc2ccc(S(N)(=O)=O)cc2)cc1. The summed E-state index contributed by atoms with van der Waals surface area (Å²) in [7, 11) is -3.70. The third-order valence-electron chi connectivity index (χ3n) is 4.24. The molecule has 0 aromatic heterocycles. The Morgan fingerprint density at radius 1 is 0.962 bits per heavy atom. The molecule has 0 radical (unpaired) electrons. The smallest absolute Gasteiger partial charge is 0.238 e. The minimum atomic E-state index is -3.70. The molecule has 2 aromatic rings. The Labute approximate surface area is 155 Å². The van der Waals surface area contributed by atoms with E-state index < -0.39 is 10.0 Å². The molecule has 2 rings (SSSR count). The van der Waals surface area contributed by atoms with Crippen LogP contribution in [0.4, 0.5) is 0 Å². The first-order valence-corrected chi connectivity index (χ1v) is 10.2. The molecule has 0 aliphatic heterocycles. The second kappa shape index (κ2) is 8.47. The first kappa shape index (κ1) is 20.1. The average Bonchev–Trinajstić information content (AvgIpc) is 2.59. The molecular weight excluding hydrogens is 348 g/mol. The molecule has 1 amide bonds. The van der Waals surface area contributed by atoms with Crippen LogP contribution in [-0.4, -0.2) is 14.3 Å². The lowest BCUT2D eigenvalue weighted by Crippen LogP contribution is -2.27. The zero-order chi connectivity index (χ0) is 19.3. The van der Waals surface area contributed by atoms with Crippen molar-refractivity contribution in [2.45, 2.75) is 44.6 Å². The van der Waals surface area contributed by atoms with E-state index >= 15 is 0 Å². The number of rotatable bonds is 7. The summed E-state index contributed by atoms with van der Waals surface area (Å²) in [5, 5.41) is 7.96. The maximum atomic E-state index is 12.4. The van der Waals surface area contributed by atoms with Crippen molar-refractivity contribution in [3.63, 3.8) is 0 Å². The number of benzene rings is 2. The summed E-state index contributed by atoms with van der Waals surface area (Å²) >= 11 is 0. The van der Waals surface area contributed by atoms with Gasteiger partial charge in [0.05, 0.1) is 10.8 Å². The second-order valence-corrected chi connectivity index (χ2v) is 8.53. The Balaban J connectivity index is 1.94. The van der Waals surface area contributed by atoms with Crippen molar-refractivity contribution in [1.29, 1.82) is 0 Å². The molecule has 0 aliphatic rings. The van der Waals surface area contributed by atoms with Crippen LogP contribution >= 0.6 is 0 Å². The summed E-state index contributed by atoms with van der Waals surface area (Å²) in [6, 6.07) is 14.3. The molecule has 26 heavy (non-hydrogen) atoms. The Bertz CT molecular complexity index is 842. The van der Waals surface area contributed by atoms with Crippen molar-refractivity contribution in [3.8, 4) is 0 Å². The highest BCUT2D eigenvalue weighted by Gasteiger charge is 2.15. The van der Waals surface area contributed by atoms with Gasteiger partial charge < -0.3 is 5.32 Å². The van der Waals surface area contributed by atoms with Crippen LogP contribution in [0.2, 0.25) is 0 Å². The van der Waals surface area contributed by atoms with Gasteiger partial charge in [-0.3, -0.25) is 4.79 Å². The first-order chi connectivity index (χ1) is 12.2. The molecule has 6 heteroatoms. The fraction of sp³-hybridized carbons (Fsp3) is 0.350. The topological polar surface area (TPSA) is 89.3 Å². The molecular formula is C20H26N2O3S. The fourth-order valence-electron chi connectivity index (χ4n) is 2.70. The standard InChI is InChI=1S/C20H26N2O3S/c1-14(2)12-16-4-8-18(9-5-16)15(3)20(23)22-13-17-6-10-19(11-7-17)26(21,24)25/h4-11,14-15H,12-13H2,1-3H3,(H,22,23)(H2,21,24,25). The van der Waals surface area contributed by atoms with E-state index in [-0.39, 0.29) is 16.7 Å².